The van der Waals surface area contributed by atoms with Gasteiger partial charge in [0.05, 0.1) is 0 Å². The lowest BCUT2D eigenvalue weighted by Crippen LogP contribution is -2.20. The summed E-state index contributed by atoms with van der Waals surface area (Å²) in [6, 6.07) is 8.65. The maximum atomic E-state index is 10.7. The number of carbonyl (C=O) groups excluding carboxylic acids is 1. The highest BCUT2D eigenvalue weighted by atomic mass is 35.5. The molecule has 18 heavy (non-hydrogen) atoms. The van der Waals surface area contributed by atoms with Gasteiger partial charge in [-0.2, -0.15) is 0 Å². The van der Waals surface area contributed by atoms with Crippen LogP contribution in [-0.4, -0.2) is 11.0 Å². The van der Waals surface area contributed by atoms with E-state index in [0.29, 0.717) is 10.8 Å². The third kappa shape index (κ3) is 2.78. The number of nitrogens with two attached hydrogens (primary N) is 1. The number of amides is 2. The molecule has 0 unspecified atom stereocenters. The van der Waals surface area contributed by atoms with Crippen LogP contribution in [0.5, 0.6) is 0 Å². The van der Waals surface area contributed by atoms with Gasteiger partial charge in [-0.25, -0.2) is 9.78 Å². The second-order valence-electron chi connectivity index (χ2n) is 3.88. The van der Waals surface area contributed by atoms with Crippen LogP contribution in [0.3, 0.4) is 0 Å². The van der Waals surface area contributed by atoms with Crippen LogP contribution in [-0.2, 0) is 0 Å². The monoisotopic (exact) mass is 261 g/mol. The quantitative estimate of drug-likeness (QED) is 0.872. The van der Waals surface area contributed by atoms with Crippen LogP contribution in [0.4, 0.5) is 10.6 Å². The van der Waals surface area contributed by atoms with Crippen molar-refractivity contribution in [1.29, 1.82) is 0 Å². The topological polar surface area (TPSA) is 68.0 Å². The van der Waals surface area contributed by atoms with E-state index in [1.54, 1.807) is 12.3 Å². The van der Waals surface area contributed by atoms with Crippen molar-refractivity contribution < 1.29 is 4.79 Å². The first kappa shape index (κ1) is 12.4. The van der Waals surface area contributed by atoms with Crippen LogP contribution in [0.15, 0.2) is 36.5 Å². The highest BCUT2D eigenvalue weighted by molar-refractivity contribution is 6.30. The maximum absolute atomic E-state index is 10.7. The summed E-state index contributed by atoms with van der Waals surface area (Å²) in [5, 5.41) is 3.13. The molecule has 0 saturated carbocycles. The van der Waals surface area contributed by atoms with Gasteiger partial charge in [-0.15, -0.1) is 0 Å². The molecule has 0 aliphatic carbocycles. The lowest BCUT2D eigenvalue weighted by molar-refractivity contribution is 0.259. The summed E-state index contributed by atoms with van der Waals surface area (Å²) in [6.07, 6.45) is 1.70. The highest BCUT2D eigenvalue weighted by Gasteiger charge is 2.05. The molecule has 1 aromatic heterocycles. The van der Waals surface area contributed by atoms with Gasteiger partial charge in [0.1, 0.15) is 5.82 Å². The number of pyridine rings is 1. The molecule has 1 heterocycles. The van der Waals surface area contributed by atoms with Gasteiger partial charge in [-0.05, 0) is 36.2 Å². The largest absolute Gasteiger partial charge is 0.351 e. The van der Waals surface area contributed by atoms with Crippen molar-refractivity contribution in [1.82, 2.24) is 4.98 Å². The number of urea groups is 1. The second-order valence-corrected chi connectivity index (χ2v) is 4.32. The highest BCUT2D eigenvalue weighted by Crippen LogP contribution is 2.25. The van der Waals surface area contributed by atoms with E-state index in [-0.39, 0.29) is 0 Å². The normalized spacial score (nSPS) is 10.1. The fourth-order valence-electron chi connectivity index (χ4n) is 1.68. The summed E-state index contributed by atoms with van der Waals surface area (Å²) in [6.45, 7) is 1.94. The summed E-state index contributed by atoms with van der Waals surface area (Å²) in [5.41, 5.74) is 8.04. The fourth-order valence-corrected chi connectivity index (χ4v) is 1.81. The number of hydrogen-bond donors (Lipinski definition) is 2. The number of nitrogens with zero attached hydrogens (tertiary/aromatic N) is 1. The minimum Gasteiger partial charge on any atom is -0.351 e. The number of anilines is 1. The average molecular weight is 262 g/mol. The summed E-state index contributed by atoms with van der Waals surface area (Å²) >= 11 is 5.84. The van der Waals surface area contributed by atoms with E-state index in [9.17, 15) is 4.79 Å². The maximum Gasteiger partial charge on any atom is 0.317 e. The first-order valence-corrected chi connectivity index (χ1v) is 5.73. The molecule has 2 amide bonds. The molecular weight excluding hydrogens is 250 g/mol. The van der Waals surface area contributed by atoms with Crippen molar-refractivity contribution in [2.24, 2.45) is 5.73 Å². The lowest BCUT2D eigenvalue weighted by atomic mass is 10.0. The Kier molecular flexibility index (Phi) is 3.48. The van der Waals surface area contributed by atoms with E-state index >= 15 is 0 Å². The number of benzene rings is 1. The zero-order chi connectivity index (χ0) is 13.1. The van der Waals surface area contributed by atoms with E-state index < -0.39 is 6.03 Å². The molecule has 0 fully saturated rings. The molecule has 1 aromatic carbocycles. The number of carbonyl (C=O) groups is 1. The van der Waals surface area contributed by atoms with E-state index in [0.717, 1.165) is 16.7 Å². The summed E-state index contributed by atoms with van der Waals surface area (Å²) < 4.78 is 0. The van der Waals surface area contributed by atoms with Crippen LogP contribution in [0, 0.1) is 6.92 Å². The fraction of sp³-hybridized carbons (Fsp3) is 0.0769. The summed E-state index contributed by atoms with van der Waals surface area (Å²) in [4.78, 5) is 14.9. The van der Waals surface area contributed by atoms with Crippen molar-refractivity contribution in [2.45, 2.75) is 6.92 Å². The van der Waals surface area contributed by atoms with Crippen molar-refractivity contribution in [2.75, 3.05) is 5.32 Å². The number of halogens is 1. The van der Waals surface area contributed by atoms with Crippen LogP contribution in [0.1, 0.15) is 5.56 Å². The molecule has 0 bridgehead atoms. The lowest BCUT2D eigenvalue weighted by Gasteiger charge is -2.08. The molecule has 0 saturated heterocycles. The Hall–Kier alpha value is -2.07. The van der Waals surface area contributed by atoms with E-state index in [4.69, 9.17) is 17.3 Å². The Morgan fingerprint density at radius 2 is 2.00 bits per heavy atom. The first-order chi connectivity index (χ1) is 8.56. The third-order valence-corrected chi connectivity index (χ3v) is 2.77. The van der Waals surface area contributed by atoms with Crippen molar-refractivity contribution in [3.05, 3.63) is 47.1 Å². The van der Waals surface area contributed by atoms with Gasteiger partial charge in [-0.1, -0.05) is 23.7 Å². The zero-order valence-corrected chi connectivity index (χ0v) is 10.5. The Morgan fingerprint density at radius 3 is 2.56 bits per heavy atom. The zero-order valence-electron chi connectivity index (χ0n) is 9.77. The molecule has 4 nitrogen and oxygen atoms in total. The number of primary amides is 1. The Balaban J connectivity index is 2.35. The van der Waals surface area contributed by atoms with Gasteiger partial charge in [0.2, 0.25) is 0 Å². The van der Waals surface area contributed by atoms with Gasteiger partial charge in [0.15, 0.2) is 0 Å². The molecule has 0 radical (unpaired) electrons. The molecule has 5 heteroatoms. The predicted octanol–water partition coefficient (Wildman–Crippen LogP) is 3.20. The van der Waals surface area contributed by atoms with Crippen LogP contribution in [0.25, 0.3) is 11.1 Å². The molecule has 92 valence electrons. The van der Waals surface area contributed by atoms with Crippen LogP contribution < -0.4 is 11.1 Å². The van der Waals surface area contributed by atoms with E-state index in [2.05, 4.69) is 10.3 Å². The number of aromatic nitrogens is 1. The van der Waals surface area contributed by atoms with Crippen LogP contribution in [0.2, 0.25) is 5.02 Å². The van der Waals surface area contributed by atoms with Gasteiger partial charge >= 0.3 is 6.03 Å². The predicted molar refractivity (Wildman–Crippen MR) is 72.6 cm³/mol. The molecule has 2 rings (SSSR count). The smallest absolute Gasteiger partial charge is 0.317 e. The number of aryl methyl sites for hydroxylation is 1. The Bertz CT molecular complexity index is 581. The molecular formula is C13H12ClN3O. The summed E-state index contributed by atoms with van der Waals surface area (Å²) in [5.74, 6) is 0.442. The summed E-state index contributed by atoms with van der Waals surface area (Å²) in [7, 11) is 0. The minimum absolute atomic E-state index is 0.442. The standard InChI is InChI=1S/C13H12ClN3O/c1-8-6-12(17-13(15)18)16-7-11(8)9-2-4-10(14)5-3-9/h2-7H,1H3,(H3,15,16,17,18). The first-order valence-electron chi connectivity index (χ1n) is 5.35. The molecule has 0 aliphatic heterocycles. The van der Waals surface area contributed by atoms with Gasteiger partial charge in [0.25, 0.3) is 0 Å². The van der Waals surface area contributed by atoms with Gasteiger partial charge in [0, 0.05) is 16.8 Å². The Labute approximate surface area is 110 Å². The molecule has 0 atom stereocenters. The molecule has 3 N–H and O–H groups in total. The van der Waals surface area contributed by atoms with Gasteiger partial charge in [-0.3, -0.25) is 5.32 Å². The SMILES string of the molecule is Cc1cc(NC(N)=O)ncc1-c1ccc(Cl)cc1. The minimum atomic E-state index is -0.624. The van der Waals surface area contributed by atoms with E-state index in [1.807, 2.05) is 31.2 Å². The van der Waals surface area contributed by atoms with Crippen molar-refractivity contribution in [3.8, 4) is 11.1 Å². The second kappa shape index (κ2) is 5.06. The van der Waals surface area contributed by atoms with E-state index in [1.165, 1.54) is 0 Å². The molecule has 0 aliphatic rings. The Morgan fingerprint density at radius 1 is 1.33 bits per heavy atom. The number of hydrogen-bond acceptors (Lipinski definition) is 2. The number of rotatable bonds is 2. The molecule has 0 spiro atoms. The third-order valence-electron chi connectivity index (χ3n) is 2.52. The van der Waals surface area contributed by atoms with Crippen molar-refractivity contribution >= 4 is 23.4 Å². The van der Waals surface area contributed by atoms with Gasteiger partial charge < -0.3 is 5.73 Å². The van der Waals surface area contributed by atoms with Crippen molar-refractivity contribution in [3.63, 3.8) is 0 Å². The number of nitrogens with one attached hydrogen (secondary N) is 1. The molecule has 2 aromatic rings. The van der Waals surface area contributed by atoms with Crippen LogP contribution >= 0.6 is 11.6 Å². The average Bonchev–Trinajstić information content (AvgIpc) is 2.30.